The lowest BCUT2D eigenvalue weighted by molar-refractivity contribution is 0.414. The van der Waals surface area contributed by atoms with Crippen LogP contribution in [0.3, 0.4) is 0 Å². The van der Waals surface area contributed by atoms with E-state index in [1.165, 1.54) is 12.3 Å². The van der Waals surface area contributed by atoms with E-state index in [-0.39, 0.29) is 10.7 Å². The molecule has 0 radical (unpaired) electrons. The van der Waals surface area contributed by atoms with Crippen molar-refractivity contribution in [3.8, 4) is 11.5 Å². The van der Waals surface area contributed by atoms with Crippen LogP contribution in [-0.2, 0) is 10.0 Å². The van der Waals surface area contributed by atoms with Gasteiger partial charge in [-0.25, -0.2) is 8.42 Å². The van der Waals surface area contributed by atoms with Gasteiger partial charge in [0.25, 0.3) is 10.0 Å². The SMILES string of the molecule is Cc1cccc(NS(=O)(=O)c2cc(-c3ccno3)oc2C)c1C. The Hall–Kier alpha value is -2.54. The van der Waals surface area contributed by atoms with Crippen molar-refractivity contribution in [2.45, 2.75) is 25.7 Å². The third-order valence-electron chi connectivity index (χ3n) is 3.69. The van der Waals surface area contributed by atoms with E-state index in [4.69, 9.17) is 8.94 Å². The third-order valence-corrected chi connectivity index (χ3v) is 5.16. The second-order valence-electron chi connectivity index (χ2n) is 5.26. The van der Waals surface area contributed by atoms with E-state index in [9.17, 15) is 8.42 Å². The summed E-state index contributed by atoms with van der Waals surface area (Å²) in [6.45, 7) is 5.39. The van der Waals surface area contributed by atoms with E-state index in [2.05, 4.69) is 9.88 Å². The summed E-state index contributed by atoms with van der Waals surface area (Å²) in [6.07, 6.45) is 1.47. The Bertz CT molecular complexity index is 941. The summed E-state index contributed by atoms with van der Waals surface area (Å²) in [7, 11) is -3.76. The lowest BCUT2D eigenvalue weighted by Gasteiger charge is -2.11. The lowest BCUT2D eigenvalue weighted by Crippen LogP contribution is -2.14. The number of hydrogen-bond donors (Lipinski definition) is 1. The lowest BCUT2D eigenvalue weighted by atomic mass is 10.1. The largest absolute Gasteiger partial charge is 0.456 e. The smallest absolute Gasteiger partial charge is 0.265 e. The molecular weight excluding hydrogens is 316 g/mol. The molecule has 0 amide bonds. The molecule has 0 saturated carbocycles. The van der Waals surface area contributed by atoms with Gasteiger partial charge in [-0.05, 0) is 38.0 Å². The van der Waals surface area contributed by atoms with Crippen LogP contribution in [0.5, 0.6) is 0 Å². The third kappa shape index (κ3) is 2.87. The van der Waals surface area contributed by atoms with Crippen molar-refractivity contribution < 1.29 is 17.4 Å². The zero-order valence-corrected chi connectivity index (χ0v) is 13.8. The van der Waals surface area contributed by atoms with Gasteiger partial charge in [-0.1, -0.05) is 17.3 Å². The predicted molar refractivity (Wildman–Crippen MR) is 85.7 cm³/mol. The molecule has 2 heterocycles. The molecule has 0 atom stereocenters. The predicted octanol–water partition coefficient (Wildman–Crippen LogP) is 3.66. The van der Waals surface area contributed by atoms with E-state index >= 15 is 0 Å². The number of nitrogens with zero attached hydrogens (tertiary/aromatic N) is 1. The van der Waals surface area contributed by atoms with Crippen LogP contribution >= 0.6 is 0 Å². The van der Waals surface area contributed by atoms with Crippen LogP contribution in [0.4, 0.5) is 5.69 Å². The number of sulfonamides is 1. The molecule has 6 nitrogen and oxygen atoms in total. The Balaban J connectivity index is 1.99. The second-order valence-corrected chi connectivity index (χ2v) is 6.91. The first-order valence-electron chi connectivity index (χ1n) is 6.99. The normalized spacial score (nSPS) is 11.6. The Morgan fingerprint density at radius 2 is 1.87 bits per heavy atom. The minimum absolute atomic E-state index is 0.0739. The summed E-state index contributed by atoms with van der Waals surface area (Å²) in [4.78, 5) is 0.0739. The van der Waals surface area contributed by atoms with Crippen LogP contribution in [0, 0.1) is 20.8 Å². The van der Waals surface area contributed by atoms with Crippen molar-refractivity contribution in [2.75, 3.05) is 4.72 Å². The molecule has 120 valence electrons. The van der Waals surface area contributed by atoms with Crippen molar-refractivity contribution in [3.05, 3.63) is 53.4 Å². The van der Waals surface area contributed by atoms with Crippen LogP contribution in [0.2, 0.25) is 0 Å². The number of benzene rings is 1. The highest BCUT2D eigenvalue weighted by Crippen LogP contribution is 2.30. The van der Waals surface area contributed by atoms with E-state index < -0.39 is 10.0 Å². The molecule has 0 unspecified atom stereocenters. The Labute approximate surface area is 134 Å². The summed E-state index contributed by atoms with van der Waals surface area (Å²) >= 11 is 0. The number of rotatable bonds is 4. The first-order valence-corrected chi connectivity index (χ1v) is 8.47. The second kappa shape index (κ2) is 5.58. The average molecular weight is 332 g/mol. The first-order chi connectivity index (χ1) is 10.9. The average Bonchev–Trinajstić information content (AvgIpc) is 3.13. The van der Waals surface area contributed by atoms with Crippen molar-refractivity contribution in [1.29, 1.82) is 0 Å². The summed E-state index contributed by atoms with van der Waals surface area (Å²) in [5.41, 5.74) is 2.44. The molecule has 0 saturated heterocycles. The maximum absolute atomic E-state index is 12.7. The fraction of sp³-hybridized carbons (Fsp3) is 0.188. The highest BCUT2D eigenvalue weighted by Gasteiger charge is 2.23. The number of furan rings is 1. The molecule has 1 aromatic carbocycles. The fourth-order valence-corrected chi connectivity index (χ4v) is 3.56. The highest BCUT2D eigenvalue weighted by molar-refractivity contribution is 7.92. The molecule has 7 heteroatoms. The fourth-order valence-electron chi connectivity index (χ4n) is 2.26. The van der Waals surface area contributed by atoms with Gasteiger partial charge in [0.15, 0.2) is 5.76 Å². The number of nitrogens with one attached hydrogen (secondary N) is 1. The molecule has 23 heavy (non-hydrogen) atoms. The van der Waals surface area contributed by atoms with Crippen LogP contribution in [0.15, 0.2) is 50.4 Å². The Kier molecular flexibility index (Phi) is 3.73. The van der Waals surface area contributed by atoms with Gasteiger partial charge in [0.05, 0.1) is 11.9 Å². The number of aromatic nitrogens is 1. The summed E-state index contributed by atoms with van der Waals surface area (Å²) in [6, 6.07) is 8.50. The molecule has 0 fully saturated rings. The van der Waals surface area contributed by atoms with Gasteiger partial charge in [-0.2, -0.15) is 0 Å². The van der Waals surface area contributed by atoms with Crippen LogP contribution in [0.1, 0.15) is 16.9 Å². The van der Waals surface area contributed by atoms with Gasteiger partial charge in [-0.3, -0.25) is 4.72 Å². The van der Waals surface area contributed by atoms with E-state index in [0.29, 0.717) is 17.2 Å². The Morgan fingerprint density at radius 3 is 2.57 bits per heavy atom. The first kappa shape index (κ1) is 15.4. The molecule has 2 aromatic heterocycles. The van der Waals surface area contributed by atoms with Crippen LogP contribution in [-0.4, -0.2) is 13.6 Å². The van der Waals surface area contributed by atoms with Gasteiger partial charge in [0.1, 0.15) is 10.7 Å². The van der Waals surface area contributed by atoms with Crippen LogP contribution in [0.25, 0.3) is 11.5 Å². The molecule has 3 rings (SSSR count). The topological polar surface area (TPSA) is 85.3 Å². The zero-order valence-electron chi connectivity index (χ0n) is 13.0. The zero-order chi connectivity index (χ0) is 16.6. The molecule has 0 aliphatic carbocycles. The monoisotopic (exact) mass is 332 g/mol. The van der Waals surface area contributed by atoms with Gasteiger partial charge in [0, 0.05) is 12.1 Å². The van der Waals surface area contributed by atoms with Crippen molar-refractivity contribution in [1.82, 2.24) is 5.16 Å². The van der Waals surface area contributed by atoms with Crippen LogP contribution < -0.4 is 4.72 Å². The summed E-state index contributed by atoms with van der Waals surface area (Å²) in [5.74, 6) is 0.983. The van der Waals surface area contributed by atoms with Crippen molar-refractivity contribution in [2.24, 2.45) is 0 Å². The molecule has 1 N–H and O–H groups in total. The molecule has 3 aromatic rings. The maximum Gasteiger partial charge on any atom is 0.265 e. The number of aryl methyl sites for hydroxylation is 2. The number of anilines is 1. The summed E-state index contributed by atoms with van der Waals surface area (Å²) in [5, 5.41) is 3.59. The molecule has 0 spiro atoms. The minimum Gasteiger partial charge on any atom is -0.456 e. The molecule has 0 bridgehead atoms. The molecular formula is C16H16N2O4S. The van der Waals surface area contributed by atoms with E-state index in [1.807, 2.05) is 26.0 Å². The summed E-state index contributed by atoms with van der Waals surface area (Å²) < 4.78 is 38.4. The van der Waals surface area contributed by atoms with Gasteiger partial charge in [-0.15, -0.1) is 0 Å². The highest BCUT2D eigenvalue weighted by atomic mass is 32.2. The maximum atomic E-state index is 12.7. The van der Waals surface area contributed by atoms with Gasteiger partial charge in [0.2, 0.25) is 5.76 Å². The minimum atomic E-state index is -3.76. The van der Waals surface area contributed by atoms with Gasteiger partial charge < -0.3 is 8.94 Å². The number of hydrogen-bond acceptors (Lipinski definition) is 5. The van der Waals surface area contributed by atoms with Gasteiger partial charge >= 0.3 is 0 Å². The standard InChI is InChI=1S/C16H16N2O4S/c1-10-5-4-6-13(11(10)2)18-23(19,20)16-9-15(21-12(16)3)14-7-8-17-22-14/h4-9,18H,1-3H3. The van der Waals surface area contributed by atoms with Crippen molar-refractivity contribution >= 4 is 15.7 Å². The molecule has 0 aliphatic rings. The van der Waals surface area contributed by atoms with E-state index in [1.54, 1.807) is 19.1 Å². The van der Waals surface area contributed by atoms with E-state index in [0.717, 1.165) is 11.1 Å². The molecule has 0 aliphatic heterocycles. The Morgan fingerprint density at radius 1 is 1.09 bits per heavy atom. The van der Waals surface area contributed by atoms with Crippen molar-refractivity contribution in [3.63, 3.8) is 0 Å². The quantitative estimate of drug-likeness (QED) is 0.788.